The Morgan fingerprint density at radius 2 is 1.50 bits per heavy atom. The van der Waals surface area contributed by atoms with Gasteiger partial charge in [-0.15, -0.1) is 0 Å². The largest absolute Gasteiger partial charge is 0.478 e. The second kappa shape index (κ2) is 7.38. The number of carbonyl (C=O) groups excluding carboxylic acids is 1. The summed E-state index contributed by atoms with van der Waals surface area (Å²) in [7, 11) is 0. The highest BCUT2D eigenvalue weighted by molar-refractivity contribution is 9.15. The Bertz CT molecular complexity index is 575. The molecule has 0 fully saturated rings. The predicted octanol–water partition coefficient (Wildman–Crippen LogP) is 4.96. The summed E-state index contributed by atoms with van der Waals surface area (Å²) in [4.78, 5) is 23.8. The van der Waals surface area contributed by atoms with E-state index < -0.39 is 11.9 Å². The third-order valence-corrected chi connectivity index (χ3v) is 7.47. The lowest BCUT2D eigenvalue weighted by Gasteiger charge is -2.17. The quantitative estimate of drug-likeness (QED) is 0.422. The maximum absolute atomic E-state index is 12.3. The normalized spacial score (nSPS) is 12.1. The molecule has 20 heavy (non-hydrogen) atoms. The molecule has 4 nitrogen and oxygen atoms in total. The average molecular weight is 537 g/mol. The van der Waals surface area contributed by atoms with Crippen molar-refractivity contribution in [2.75, 3.05) is 0 Å². The molecule has 1 aromatic carbocycles. The van der Waals surface area contributed by atoms with Crippen LogP contribution in [-0.4, -0.2) is 23.0 Å². The zero-order valence-electron chi connectivity index (χ0n) is 10.6. The molecular weight excluding hydrogens is 526 g/mol. The molecule has 0 aliphatic carbocycles. The number of carboxylic acids is 1. The fourth-order valence-electron chi connectivity index (χ4n) is 1.44. The molecule has 0 aliphatic heterocycles. The number of benzene rings is 1. The first-order valence-electron chi connectivity index (χ1n) is 5.62. The van der Waals surface area contributed by atoms with E-state index in [1.54, 1.807) is 0 Å². The number of hydrogen-bond donors (Lipinski definition) is 2. The van der Waals surface area contributed by atoms with Crippen LogP contribution in [0.2, 0.25) is 0 Å². The molecule has 0 saturated carbocycles. The topological polar surface area (TPSA) is 66.4 Å². The molecule has 0 aromatic heterocycles. The van der Waals surface area contributed by atoms with E-state index in [1.807, 2.05) is 13.8 Å². The van der Waals surface area contributed by atoms with E-state index in [0.29, 0.717) is 17.9 Å². The van der Waals surface area contributed by atoms with Gasteiger partial charge in [0, 0.05) is 23.9 Å². The van der Waals surface area contributed by atoms with E-state index in [9.17, 15) is 14.7 Å². The van der Waals surface area contributed by atoms with Gasteiger partial charge in [0.25, 0.3) is 5.91 Å². The molecule has 2 N–H and O–H groups in total. The fraction of sp³-hybridized carbons (Fsp3) is 0.333. The molecule has 1 aromatic rings. The molecule has 0 spiro atoms. The molecule has 1 rings (SSSR count). The summed E-state index contributed by atoms with van der Waals surface area (Å²) in [6.07, 6.45) is 0.755. The van der Waals surface area contributed by atoms with Gasteiger partial charge in [-0.3, -0.25) is 4.79 Å². The first kappa shape index (κ1) is 18.1. The van der Waals surface area contributed by atoms with Crippen molar-refractivity contribution in [3.05, 3.63) is 29.0 Å². The molecule has 0 radical (unpaired) electrons. The molecule has 1 amide bonds. The van der Waals surface area contributed by atoms with Gasteiger partial charge in [-0.2, -0.15) is 0 Å². The summed E-state index contributed by atoms with van der Waals surface area (Å²) in [5.41, 5.74) is -0.00694. The number of carbonyl (C=O) groups is 2. The van der Waals surface area contributed by atoms with Gasteiger partial charge in [0.15, 0.2) is 0 Å². The van der Waals surface area contributed by atoms with Gasteiger partial charge in [0.1, 0.15) is 0 Å². The van der Waals surface area contributed by atoms with E-state index in [0.717, 1.165) is 6.42 Å². The first-order chi connectivity index (χ1) is 9.22. The van der Waals surface area contributed by atoms with Gasteiger partial charge in [0.05, 0.1) is 11.1 Å². The van der Waals surface area contributed by atoms with Crippen molar-refractivity contribution < 1.29 is 14.7 Å². The molecular formula is C12H11Br4NO3. The van der Waals surface area contributed by atoms with Gasteiger partial charge in [-0.25, -0.2) is 4.79 Å². The maximum Gasteiger partial charge on any atom is 0.337 e. The van der Waals surface area contributed by atoms with Gasteiger partial charge in [-0.1, -0.05) is 6.92 Å². The minimum atomic E-state index is -1.18. The van der Waals surface area contributed by atoms with Gasteiger partial charge in [0.2, 0.25) is 0 Å². The standard InChI is InChI=1S/C12H11Br4NO3/c1-3-4(2)17-11(18)5-6(12(19)20)8(14)10(16)9(15)7(5)13/h4H,3H2,1-2H3,(H,17,18)(H,19,20). The van der Waals surface area contributed by atoms with E-state index >= 15 is 0 Å². The lowest BCUT2D eigenvalue weighted by Crippen LogP contribution is -2.33. The molecule has 1 atom stereocenters. The summed E-state index contributed by atoms with van der Waals surface area (Å²) in [5, 5.41) is 12.1. The number of aromatic carboxylic acids is 1. The lowest BCUT2D eigenvalue weighted by molar-refractivity contribution is 0.0689. The van der Waals surface area contributed by atoms with Crippen LogP contribution in [0.15, 0.2) is 17.9 Å². The van der Waals surface area contributed by atoms with Gasteiger partial charge >= 0.3 is 5.97 Å². The number of rotatable bonds is 4. The molecule has 8 heteroatoms. The van der Waals surface area contributed by atoms with Gasteiger partial charge in [-0.05, 0) is 77.1 Å². The van der Waals surface area contributed by atoms with E-state index in [-0.39, 0.29) is 17.2 Å². The van der Waals surface area contributed by atoms with Crippen LogP contribution in [0.5, 0.6) is 0 Å². The Kier molecular flexibility index (Phi) is 6.69. The predicted molar refractivity (Wildman–Crippen MR) is 91.4 cm³/mol. The Morgan fingerprint density at radius 3 is 1.90 bits per heavy atom. The number of carboxylic acid groups (broad SMARTS) is 1. The fourth-order valence-corrected chi connectivity index (χ4v) is 3.91. The van der Waals surface area contributed by atoms with Crippen molar-refractivity contribution in [1.29, 1.82) is 0 Å². The van der Waals surface area contributed by atoms with Crippen LogP contribution in [-0.2, 0) is 0 Å². The van der Waals surface area contributed by atoms with Crippen LogP contribution in [0.3, 0.4) is 0 Å². The van der Waals surface area contributed by atoms with Crippen LogP contribution >= 0.6 is 63.7 Å². The van der Waals surface area contributed by atoms with E-state index in [2.05, 4.69) is 69.0 Å². The minimum absolute atomic E-state index is 0.0442. The minimum Gasteiger partial charge on any atom is -0.478 e. The van der Waals surface area contributed by atoms with Crippen LogP contribution in [0.25, 0.3) is 0 Å². The Hall–Kier alpha value is 0.0800. The number of hydrogen-bond acceptors (Lipinski definition) is 2. The van der Waals surface area contributed by atoms with Crippen LogP contribution in [0, 0.1) is 0 Å². The summed E-state index contributed by atoms with van der Waals surface area (Å²) in [5.74, 6) is -1.61. The molecule has 0 bridgehead atoms. The third-order valence-electron chi connectivity index (χ3n) is 2.70. The van der Waals surface area contributed by atoms with Gasteiger partial charge < -0.3 is 10.4 Å². The highest BCUT2D eigenvalue weighted by Gasteiger charge is 2.28. The van der Waals surface area contributed by atoms with Crippen molar-refractivity contribution in [3.8, 4) is 0 Å². The van der Waals surface area contributed by atoms with Crippen molar-refractivity contribution in [2.24, 2.45) is 0 Å². The van der Waals surface area contributed by atoms with Crippen LogP contribution < -0.4 is 5.32 Å². The molecule has 110 valence electrons. The van der Waals surface area contributed by atoms with Crippen LogP contribution in [0.4, 0.5) is 0 Å². The number of nitrogens with one attached hydrogen (secondary N) is 1. The summed E-state index contributed by atoms with van der Waals surface area (Å²) >= 11 is 13.1. The zero-order chi connectivity index (χ0) is 15.6. The van der Waals surface area contributed by atoms with E-state index in [1.165, 1.54) is 0 Å². The highest BCUT2D eigenvalue weighted by atomic mass is 79.9. The molecule has 0 aliphatic rings. The summed E-state index contributed by atoms with van der Waals surface area (Å²) < 4.78 is 1.81. The Morgan fingerprint density at radius 1 is 1.05 bits per heavy atom. The molecule has 0 heterocycles. The SMILES string of the molecule is CCC(C)NC(=O)c1c(Br)c(Br)c(Br)c(Br)c1C(=O)O. The van der Waals surface area contributed by atoms with E-state index in [4.69, 9.17) is 0 Å². The van der Waals surface area contributed by atoms with Crippen molar-refractivity contribution in [2.45, 2.75) is 26.3 Å². The second-order valence-electron chi connectivity index (χ2n) is 4.09. The summed E-state index contributed by atoms with van der Waals surface area (Å²) in [6, 6.07) is -0.0442. The number of halogens is 4. The van der Waals surface area contributed by atoms with Crippen LogP contribution in [0.1, 0.15) is 41.0 Å². The summed E-state index contributed by atoms with van der Waals surface area (Å²) in [6.45, 7) is 3.79. The van der Waals surface area contributed by atoms with Crippen molar-refractivity contribution in [3.63, 3.8) is 0 Å². The zero-order valence-corrected chi connectivity index (χ0v) is 16.9. The Balaban J connectivity index is 3.52. The second-order valence-corrected chi connectivity index (χ2v) is 7.27. The smallest absolute Gasteiger partial charge is 0.337 e. The number of amides is 1. The Labute approximate surface area is 150 Å². The molecule has 1 unspecified atom stereocenters. The maximum atomic E-state index is 12.3. The third kappa shape index (κ3) is 3.64. The van der Waals surface area contributed by atoms with Crippen molar-refractivity contribution in [1.82, 2.24) is 5.32 Å². The molecule has 0 saturated heterocycles. The van der Waals surface area contributed by atoms with Crippen molar-refractivity contribution >= 4 is 75.6 Å². The lowest BCUT2D eigenvalue weighted by atomic mass is 10.1. The highest BCUT2D eigenvalue weighted by Crippen LogP contribution is 2.42. The average Bonchev–Trinajstić information content (AvgIpc) is 2.39. The monoisotopic (exact) mass is 533 g/mol. The first-order valence-corrected chi connectivity index (χ1v) is 8.79.